The number of methoxy groups -OCH3 is 2. The number of thiocarbonyl (C=S) groups is 1. The molecule has 0 atom stereocenters. The summed E-state index contributed by atoms with van der Waals surface area (Å²) in [4.78, 5) is 30.3. The molecule has 0 unspecified atom stereocenters. The highest BCUT2D eigenvalue weighted by Gasteiger charge is 2.41. The Hall–Kier alpha value is -2.84. The van der Waals surface area contributed by atoms with E-state index in [1.54, 1.807) is 24.0 Å². The summed E-state index contributed by atoms with van der Waals surface area (Å²) in [6.07, 6.45) is 1.43. The topological polar surface area (TPSA) is 59.1 Å². The van der Waals surface area contributed by atoms with Crippen molar-refractivity contribution in [3.05, 3.63) is 58.5 Å². The van der Waals surface area contributed by atoms with Gasteiger partial charge in [0.05, 0.1) is 30.4 Å². The van der Waals surface area contributed by atoms with Crippen LogP contribution in [0.15, 0.2) is 47.4 Å². The summed E-state index contributed by atoms with van der Waals surface area (Å²) < 4.78 is 11.1. The third-order valence-electron chi connectivity index (χ3n) is 5.52. The lowest BCUT2D eigenvalue weighted by Gasteiger charge is -2.16. The fraction of sp³-hybridized carbons (Fsp3) is 0.292. The summed E-state index contributed by atoms with van der Waals surface area (Å²) in [5.74, 6) is 0.953. The molecular weight excluding hydrogens is 444 g/mol. The van der Waals surface area contributed by atoms with E-state index < -0.39 is 0 Å². The zero-order valence-electron chi connectivity index (χ0n) is 18.2. The van der Waals surface area contributed by atoms with Gasteiger partial charge in [-0.05, 0) is 36.6 Å². The predicted octanol–water partition coefficient (Wildman–Crippen LogP) is 4.27. The van der Waals surface area contributed by atoms with Crippen LogP contribution in [0.4, 0.5) is 5.69 Å². The van der Waals surface area contributed by atoms with Crippen molar-refractivity contribution in [3.63, 3.8) is 0 Å². The first-order valence-electron chi connectivity index (χ1n) is 10.4. The van der Waals surface area contributed by atoms with Crippen LogP contribution < -0.4 is 14.4 Å². The van der Waals surface area contributed by atoms with Crippen LogP contribution in [-0.2, 0) is 16.0 Å². The highest BCUT2D eigenvalue weighted by atomic mass is 32.2. The second-order valence-corrected chi connectivity index (χ2v) is 9.09. The second-order valence-electron chi connectivity index (χ2n) is 7.44. The van der Waals surface area contributed by atoms with Crippen molar-refractivity contribution in [2.75, 3.05) is 32.2 Å². The van der Waals surface area contributed by atoms with Gasteiger partial charge in [0.1, 0.15) is 4.32 Å². The summed E-state index contributed by atoms with van der Waals surface area (Å²) in [7, 11) is 3.18. The summed E-state index contributed by atoms with van der Waals surface area (Å²) >= 11 is 6.73. The number of carbonyl (C=O) groups excluding carboxylic acids is 2. The van der Waals surface area contributed by atoms with Crippen molar-refractivity contribution in [1.29, 1.82) is 0 Å². The Bertz CT molecular complexity index is 1130. The molecule has 2 aliphatic rings. The molecule has 0 aromatic heterocycles. The molecule has 2 aliphatic heterocycles. The highest BCUT2D eigenvalue weighted by Crippen LogP contribution is 2.44. The lowest BCUT2D eigenvalue weighted by molar-refractivity contribution is -0.122. The van der Waals surface area contributed by atoms with E-state index in [1.165, 1.54) is 11.8 Å². The average molecular weight is 469 g/mol. The number of ether oxygens (including phenoxy) is 2. The lowest BCUT2D eigenvalue weighted by Crippen LogP contribution is -2.31. The molecule has 0 N–H and O–H groups in total. The quantitative estimate of drug-likeness (QED) is 0.447. The van der Waals surface area contributed by atoms with Crippen molar-refractivity contribution in [1.82, 2.24) is 4.90 Å². The molecule has 2 heterocycles. The molecule has 2 amide bonds. The maximum atomic E-state index is 13.3. The molecule has 32 heavy (non-hydrogen) atoms. The van der Waals surface area contributed by atoms with E-state index in [-0.39, 0.29) is 11.8 Å². The standard InChI is InChI=1S/C24H24N2O4S2/c1-4-12-25-17-8-6-5-7-16(17)20(22(25)27)21-23(28)26(24(31)32-21)13-11-15-9-10-18(29-2)19(14-15)30-3/h5-10,14H,4,11-13H2,1-3H3/b21-20+. The molecule has 1 fully saturated rings. The Labute approximate surface area is 197 Å². The van der Waals surface area contributed by atoms with Crippen LogP contribution in [0.2, 0.25) is 0 Å². The molecule has 6 nitrogen and oxygen atoms in total. The molecule has 166 valence electrons. The summed E-state index contributed by atoms with van der Waals surface area (Å²) in [5.41, 5.74) is 3.11. The Morgan fingerprint density at radius 1 is 0.938 bits per heavy atom. The van der Waals surface area contributed by atoms with Gasteiger partial charge in [-0.1, -0.05) is 55.2 Å². The number of anilines is 1. The average Bonchev–Trinajstić information content (AvgIpc) is 3.24. The van der Waals surface area contributed by atoms with Crippen molar-refractivity contribution in [2.45, 2.75) is 19.8 Å². The third kappa shape index (κ3) is 3.89. The van der Waals surface area contributed by atoms with Gasteiger partial charge in [0.15, 0.2) is 11.5 Å². The maximum Gasteiger partial charge on any atom is 0.267 e. The molecule has 1 saturated heterocycles. The first-order valence-corrected chi connectivity index (χ1v) is 11.6. The monoisotopic (exact) mass is 468 g/mol. The van der Waals surface area contributed by atoms with Gasteiger partial charge in [-0.3, -0.25) is 14.5 Å². The van der Waals surface area contributed by atoms with Crippen LogP contribution >= 0.6 is 24.0 Å². The Balaban J connectivity index is 1.59. The van der Waals surface area contributed by atoms with Gasteiger partial charge in [0.25, 0.3) is 11.8 Å². The number of benzene rings is 2. The fourth-order valence-electron chi connectivity index (χ4n) is 3.96. The summed E-state index contributed by atoms with van der Waals surface area (Å²) in [6, 6.07) is 13.3. The van der Waals surface area contributed by atoms with E-state index in [1.807, 2.05) is 49.4 Å². The summed E-state index contributed by atoms with van der Waals surface area (Å²) in [5, 5.41) is 0. The smallest absolute Gasteiger partial charge is 0.267 e. The van der Waals surface area contributed by atoms with E-state index in [9.17, 15) is 9.59 Å². The largest absolute Gasteiger partial charge is 0.493 e. The first kappa shape index (κ1) is 22.4. The van der Waals surface area contributed by atoms with E-state index in [0.29, 0.717) is 45.8 Å². The van der Waals surface area contributed by atoms with Gasteiger partial charge in [0.2, 0.25) is 0 Å². The van der Waals surface area contributed by atoms with Crippen LogP contribution in [-0.4, -0.2) is 48.3 Å². The molecule has 0 radical (unpaired) electrons. The number of hydrogen-bond donors (Lipinski definition) is 0. The molecule has 0 spiro atoms. The van der Waals surface area contributed by atoms with Crippen molar-refractivity contribution in [2.24, 2.45) is 0 Å². The number of rotatable bonds is 7. The van der Waals surface area contributed by atoms with Gasteiger partial charge < -0.3 is 14.4 Å². The molecule has 4 rings (SSSR count). The van der Waals surface area contributed by atoms with Crippen LogP contribution in [0.1, 0.15) is 24.5 Å². The van der Waals surface area contributed by atoms with E-state index >= 15 is 0 Å². The maximum absolute atomic E-state index is 13.3. The molecule has 0 bridgehead atoms. The lowest BCUT2D eigenvalue weighted by atomic mass is 10.1. The minimum absolute atomic E-state index is 0.131. The zero-order valence-corrected chi connectivity index (χ0v) is 19.8. The number of thioether (sulfide) groups is 1. The molecule has 2 aromatic carbocycles. The second kappa shape index (κ2) is 9.34. The van der Waals surface area contributed by atoms with Gasteiger partial charge in [-0.25, -0.2) is 0 Å². The highest BCUT2D eigenvalue weighted by molar-refractivity contribution is 8.26. The van der Waals surface area contributed by atoms with Gasteiger partial charge >= 0.3 is 0 Å². The van der Waals surface area contributed by atoms with E-state index in [2.05, 4.69) is 0 Å². The predicted molar refractivity (Wildman–Crippen MR) is 131 cm³/mol. The normalized spacial score (nSPS) is 17.9. The molecule has 0 aliphatic carbocycles. The number of para-hydroxylation sites is 1. The molecule has 2 aromatic rings. The number of amides is 2. The van der Waals surface area contributed by atoms with E-state index in [0.717, 1.165) is 23.2 Å². The first-order chi connectivity index (χ1) is 15.5. The van der Waals surface area contributed by atoms with Crippen molar-refractivity contribution in [3.8, 4) is 11.5 Å². The van der Waals surface area contributed by atoms with Crippen LogP contribution in [0.25, 0.3) is 5.57 Å². The minimum atomic E-state index is -0.211. The number of carbonyl (C=O) groups is 2. The minimum Gasteiger partial charge on any atom is -0.493 e. The molecule has 0 saturated carbocycles. The molecule has 8 heteroatoms. The van der Waals surface area contributed by atoms with Crippen LogP contribution in [0.3, 0.4) is 0 Å². The van der Waals surface area contributed by atoms with Crippen LogP contribution in [0, 0.1) is 0 Å². The summed E-state index contributed by atoms with van der Waals surface area (Å²) in [6.45, 7) is 3.06. The third-order valence-corrected chi connectivity index (χ3v) is 6.97. The Morgan fingerprint density at radius 3 is 2.41 bits per heavy atom. The van der Waals surface area contributed by atoms with Gasteiger partial charge in [-0.15, -0.1) is 0 Å². The zero-order chi connectivity index (χ0) is 22.8. The number of hydrogen-bond acceptors (Lipinski definition) is 6. The van der Waals surface area contributed by atoms with Crippen LogP contribution in [0.5, 0.6) is 11.5 Å². The van der Waals surface area contributed by atoms with Gasteiger partial charge in [0, 0.05) is 18.7 Å². The van der Waals surface area contributed by atoms with Gasteiger partial charge in [-0.2, -0.15) is 0 Å². The number of fused-ring (bicyclic) bond motifs is 1. The van der Waals surface area contributed by atoms with Crippen molar-refractivity contribution < 1.29 is 19.1 Å². The molecular formula is C24H24N2O4S2. The Morgan fingerprint density at radius 2 is 1.69 bits per heavy atom. The van der Waals surface area contributed by atoms with Crippen molar-refractivity contribution >= 4 is 51.4 Å². The SMILES string of the molecule is CCCN1C(=O)/C(=C2/SC(=S)N(CCc3ccc(OC)c(OC)c3)C2=O)c2ccccc21. The Kier molecular flexibility index (Phi) is 6.53. The fourth-order valence-corrected chi connectivity index (χ4v) is 5.34. The van der Waals surface area contributed by atoms with E-state index in [4.69, 9.17) is 21.7 Å². The number of nitrogens with zero attached hydrogens (tertiary/aromatic N) is 2.